The van der Waals surface area contributed by atoms with Crippen molar-refractivity contribution in [1.29, 1.82) is 0 Å². The average Bonchev–Trinajstić information content (AvgIpc) is 3.57. The van der Waals surface area contributed by atoms with Gasteiger partial charge in [-0.2, -0.15) is 0 Å². The molecule has 0 aromatic heterocycles. The highest BCUT2D eigenvalue weighted by molar-refractivity contribution is 14.0. The lowest BCUT2D eigenvalue weighted by Crippen LogP contribution is -2.05. The Kier molecular flexibility index (Phi) is 30.2. The van der Waals surface area contributed by atoms with E-state index in [0.717, 1.165) is 38.9 Å². The molecule has 6 heteroatoms. The summed E-state index contributed by atoms with van der Waals surface area (Å²) < 4.78 is 9.68. The minimum absolute atomic E-state index is 0. The van der Waals surface area contributed by atoms with Gasteiger partial charge in [-0.1, -0.05) is 20.8 Å². The molecule has 0 aromatic rings. The first kappa shape index (κ1) is 31.6. The normalized spacial score (nSPS) is 18.1. The smallest absolute Gasteiger partial charge is 0.0944 e. The molecule has 2 aliphatic rings. The lowest BCUT2D eigenvalue weighted by molar-refractivity contribution is 0.204. The molecule has 0 spiro atoms. The van der Waals surface area contributed by atoms with Gasteiger partial charge in [0.2, 0.25) is 0 Å². The first-order valence-electron chi connectivity index (χ1n) is 8.97. The maximum atomic E-state index is 8.85. The minimum Gasteiger partial charge on any atom is -0.391 e. The van der Waals surface area contributed by atoms with Crippen LogP contribution >= 0.6 is 47.2 Å². The molecular formula is C21H33Cl2IO3. The molecule has 156 valence electrons. The Hall–Kier alpha value is -0.130. The zero-order valence-electron chi connectivity index (χ0n) is 16.6. The maximum Gasteiger partial charge on any atom is 0.0944 e. The molecule has 0 aromatic carbocycles. The van der Waals surface area contributed by atoms with Gasteiger partial charge in [0.15, 0.2) is 0 Å². The second kappa shape index (κ2) is 25.9. The molecule has 0 unspecified atom stereocenters. The van der Waals surface area contributed by atoms with Gasteiger partial charge < -0.3 is 14.6 Å². The van der Waals surface area contributed by atoms with Crippen LogP contribution in [0.15, 0.2) is 0 Å². The van der Waals surface area contributed by atoms with Crippen LogP contribution in [0.1, 0.15) is 52.9 Å². The third kappa shape index (κ3) is 33.8. The van der Waals surface area contributed by atoms with Gasteiger partial charge in [0, 0.05) is 38.0 Å². The van der Waals surface area contributed by atoms with E-state index in [0.29, 0.717) is 24.5 Å². The number of epoxide rings is 2. The van der Waals surface area contributed by atoms with Crippen LogP contribution in [-0.2, 0) is 9.47 Å². The zero-order valence-corrected chi connectivity index (χ0v) is 20.4. The second-order valence-electron chi connectivity index (χ2n) is 5.25. The maximum absolute atomic E-state index is 8.85. The number of hydrogen-bond donors (Lipinski definition) is 1. The molecule has 27 heavy (non-hydrogen) atoms. The molecule has 3 atom stereocenters. The van der Waals surface area contributed by atoms with Crippen LogP contribution in [0.25, 0.3) is 0 Å². The van der Waals surface area contributed by atoms with Gasteiger partial charge in [0.05, 0.1) is 37.4 Å². The number of aliphatic hydroxyl groups is 1. The van der Waals surface area contributed by atoms with Gasteiger partial charge in [-0.3, -0.25) is 0 Å². The molecule has 2 rings (SSSR count). The van der Waals surface area contributed by atoms with Crippen LogP contribution < -0.4 is 0 Å². The predicted octanol–water partition coefficient (Wildman–Crippen LogP) is 4.85. The molecule has 2 heterocycles. The summed E-state index contributed by atoms with van der Waals surface area (Å²) in [4.78, 5) is 0. The molecule has 2 fully saturated rings. The lowest BCUT2D eigenvalue weighted by atomic mass is 10.3. The van der Waals surface area contributed by atoms with Crippen molar-refractivity contribution >= 4 is 47.2 Å². The summed E-state index contributed by atoms with van der Waals surface area (Å²) in [7, 11) is 0. The Balaban J connectivity index is -0.000000294. The fourth-order valence-electron chi connectivity index (χ4n) is 1.02. The van der Waals surface area contributed by atoms with E-state index in [1.54, 1.807) is 0 Å². The van der Waals surface area contributed by atoms with Crippen LogP contribution in [0.5, 0.6) is 0 Å². The van der Waals surface area contributed by atoms with Gasteiger partial charge in [0.1, 0.15) is 0 Å². The third-order valence-corrected chi connectivity index (χ3v) is 3.33. The highest BCUT2D eigenvalue weighted by atomic mass is 127. The Labute approximate surface area is 193 Å². The molecule has 0 saturated carbocycles. The molecule has 2 saturated heterocycles. The summed E-state index contributed by atoms with van der Waals surface area (Å²) in [5.74, 6) is 15.0. The first-order valence-corrected chi connectivity index (χ1v) is 10.0. The van der Waals surface area contributed by atoms with E-state index in [1.165, 1.54) is 0 Å². The number of aliphatic hydroxyl groups excluding tert-OH is 1. The second-order valence-corrected chi connectivity index (χ2v) is 5.87. The Morgan fingerprint density at radius 1 is 0.963 bits per heavy atom. The van der Waals surface area contributed by atoms with Crippen LogP contribution in [0.4, 0.5) is 0 Å². The van der Waals surface area contributed by atoms with Gasteiger partial charge >= 0.3 is 0 Å². The molecule has 3 nitrogen and oxygen atoms in total. The van der Waals surface area contributed by atoms with E-state index in [2.05, 4.69) is 36.5 Å². The van der Waals surface area contributed by atoms with Gasteiger partial charge in [-0.25, -0.2) is 0 Å². The summed E-state index contributed by atoms with van der Waals surface area (Å²) >= 11 is 10.6. The van der Waals surface area contributed by atoms with Crippen molar-refractivity contribution in [2.45, 2.75) is 71.2 Å². The van der Waals surface area contributed by atoms with E-state index in [1.807, 2.05) is 13.8 Å². The van der Waals surface area contributed by atoms with E-state index in [9.17, 15) is 0 Å². The Morgan fingerprint density at radius 2 is 1.44 bits per heavy atom. The molecule has 1 N–H and O–H groups in total. The highest BCUT2D eigenvalue weighted by Gasteiger charge is 2.20. The predicted molar refractivity (Wildman–Crippen MR) is 127 cm³/mol. The minimum atomic E-state index is -0.453. The van der Waals surface area contributed by atoms with Crippen molar-refractivity contribution < 1.29 is 14.6 Å². The molecule has 0 amide bonds. The average molecular weight is 531 g/mol. The summed E-state index contributed by atoms with van der Waals surface area (Å²) in [6, 6.07) is 0. The van der Waals surface area contributed by atoms with Crippen LogP contribution in [-0.4, -0.2) is 48.4 Å². The van der Waals surface area contributed by atoms with Gasteiger partial charge in [0.25, 0.3) is 0 Å². The summed E-state index contributed by atoms with van der Waals surface area (Å²) in [6.45, 7) is 7.78. The fourth-order valence-corrected chi connectivity index (χ4v) is 1.31. The number of rotatable bonds is 4. The van der Waals surface area contributed by atoms with E-state index < -0.39 is 6.10 Å². The van der Waals surface area contributed by atoms with Crippen LogP contribution in [0.2, 0.25) is 0 Å². The largest absolute Gasteiger partial charge is 0.391 e. The van der Waals surface area contributed by atoms with E-state index in [-0.39, 0.29) is 29.9 Å². The standard InChI is InChI=1S/C7H11ClO.C7H10O.C4H6.C3H5ClO.HI/c1-2-3-4-5-7(9)6-8;1-2-3-4-5-7-6-8-7;1-3-4-2;4-1-3-2-5-3;/h7,9H,2,5-6H2,1H3;7H,2,5-6H2,1H3;1H,4H2,2H3;3H,1-2H2;1H/t2*7-;;3-;/m11.0./s1. The lowest BCUT2D eigenvalue weighted by Gasteiger charge is -1.96. The van der Waals surface area contributed by atoms with Gasteiger partial charge in [-0.05, 0) is 0 Å². The van der Waals surface area contributed by atoms with Gasteiger partial charge in [-0.15, -0.1) is 83.2 Å². The fraction of sp³-hybridized carbons (Fsp3) is 0.714. The number of hydrogen-bond acceptors (Lipinski definition) is 3. The molecule has 0 radical (unpaired) electrons. The van der Waals surface area contributed by atoms with Crippen molar-refractivity contribution in [3.8, 4) is 36.0 Å². The SMILES string of the molecule is C#CCC.CCC#CC[C@@H](O)CCl.CCC#CC[C@@H]1CO1.ClC[C@H]1CO1.I. The van der Waals surface area contributed by atoms with Crippen molar-refractivity contribution in [3.05, 3.63) is 0 Å². The summed E-state index contributed by atoms with van der Waals surface area (Å²) in [5.41, 5.74) is 0. The van der Waals surface area contributed by atoms with Crippen LogP contribution in [0.3, 0.4) is 0 Å². The quantitative estimate of drug-likeness (QED) is 0.244. The van der Waals surface area contributed by atoms with Crippen LogP contribution in [0, 0.1) is 36.0 Å². The summed E-state index contributed by atoms with van der Waals surface area (Å²) in [5, 5.41) is 8.85. The van der Waals surface area contributed by atoms with Crippen molar-refractivity contribution in [1.82, 2.24) is 0 Å². The number of halogens is 3. The molecule has 2 aliphatic heterocycles. The Morgan fingerprint density at radius 3 is 1.74 bits per heavy atom. The molecule has 0 bridgehead atoms. The number of terminal acetylenes is 1. The van der Waals surface area contributed by atoms with E-state index >= 15 is 0 Å². The zero-order chi connectivity index (χ0) is 20.0. The molecular weight excluding hydrogens is 498 g/mol. The van der Waals surface area contributed by atoms with Crippen molar-refractivity contribution in [2.24, 2.45) is 0 Å². The Bertz CT molecular complexity index is 464. The third-order valence-electron chi connectivity index (χ3n) is 2.63. The summed E-state index contributed by atoms with van der Waals surface area (Å²) in [6.07, 6.45) is 9.30. The van der Waals surface area contributed by atoms with Crippen molar-refractivity contribution in [3.63, 3.8) is 0 Å². The molecule has 0 aliphatic carbocycles. The topological polar surface area (TPSA) is 45.3 Å². The number of alkyl halides is 2. The number of ether oxygens (including phenoxy) is 2. The van der Waals surface area contributed by atoms with Crippen molar-refractivity contribution in [2.75, 3.05) is 25.0 Å². The highest BCUT2D eigenvalue weighted by Crippen LogP contribution is 2.11. The first-order chi connectivity index (χ1) is 12.6. The monoisotopic (exact) mass is 530 g/mol. The van der Waals surface area contributed by atoms with E-state index in [4.69, 9.17) is 44.2 Å².